The largest absolute Gasteiger partial charge is 0.467 e. The second-order valence-electron chi connectivity index (χ2n) is 4.85. The predicted octanol–water partition coefficient (Wildman–Crippen LogP) is 3.60. The Hall–Kier alpha value is -0.880. The second-order valence-corrected chi connectivity index (χ2v) is 5.64. The number of halogens is 3. The summed E-state index contributed by atoms with van der Waals surface area (Å²) < 4.78 is 19.9. The highest BCUT2D eigenvalue weighted by atomic mass is 79.9. The van der Waals surface area contributed by atoms with E-state index in [9.17, 15) is 4.39 Å². The van der Waals surface area contributed by atoms with E-state index in [-0.39, 0.29) is 24.3 Å². The van der Waals surface area contributed by atoms with Crippen molar-refractivity contribution in [1.82, 2.24) is 10.2 Å². The van der Waals surface area contributed by atoms with Crippen LogP contribution in [0, 0.1) is 5.82 Å². The highest BCUT2D eigenvalue weighted by Crippen LogP contribution is 2.35. The average Bonchev–Trinajstić information content (AvgIpc) is 2.99. The minimum atomic E-state index is -0.241. The minimum absolute atomic E-state index is 0. The maximum atomic E-state index is 13.8. The first-order chi connectivity index (χ1) is 9.77. The van der Waals surface area contributed by atoms with Crippen molar-refractivity contribution in [1.29, 1.82) is 0 Å². The standard InChI is InChI=1S/C15H16BrFN2O.ClH/c16-14-11(3-1-4-12(14)17)15(13-5-2-10-20-13)19-8-6-18-7-9-19;/h1-5,10,15,18H,6-9H2;1H/t15-;/m1./s1. The van der Waals surface area contributed by atoms with E-state index in [1.807, 2.05) is 18.2 Å². The van der Waals surface area contributed by atoms with Crippen molar-refractivity contribution >= 4 is 28.3 Å². The molecule has 6 heteroatoms. The molecule has 2 heterocycles. The highest BCUT2D eigenvalue weighted by Gasteiger charge is 2.28. The van der Waals surface area contributed by atoms with Crippen LogP contribution in [0.25, 0.3) is 0 Å². The van der Waals surface area contributed by atoms with Crippen LogP contribution in [-0.2, 0) is 0 Å². The van der Waals surface area contributed by atoms with E-state index in [0.717, 1.165) is 37.5 Å². The molecule has 1 aromatic carbocycles. The molecule has 1 aromatic heterocycles. The summed E-state index contributed by atoms with van der Waals surface area (Å²) in [4.78, 5) is 2.31. The number of benzene rings is 1. The Morgan fingerprint density at radius 2 is 1.95 bits per heavy atom. The first-order valence-corrected chi connectivity index (χ1v) is 7.49. The van der Waals surface area contributed by atoms with E-state index in [4.69, 9.17) is 4.42 Å². The number of hydrogen-bond acceptors (Lipinski definition) is 3. The molecule has 0 unspecified atom stereocenters. The third kappa shape index (κ3) is 3.48. The van der Waals surface area contributed by atoms with Gasteiger partial charge in [0.15, 0.2) is 0 Å². The molecule has 0 spiro atoms. The van der Waals surface area contributed by atoms with Crippen molar-refractivity contribution < 1.29 is 8.81 Å². The zero-order valence-electron chi connectivity index (χ0n) is 11.4. The van der Waals surface area contributed by atoms with Crippen molar-refractivity contribution in [3.05, 3.63) is 58.2 Å². The van der Waals surface area contributed by atoms with Gasteiger partial charge in [0, 0.05) is 26.2 Å². The van der Waals surface area contributed by atoms with Gasteiger partial charge in [-0.05, 0) is 39.7 Å². The van der Waals surface area contributed by atoms with Crippen LogP contribution in [0.4, 0.5) is 4.39 Å². The van der Waals surface area contributed by atoms with Crippen molar-refractivity contribution in [2.24, 2.45) is 0 Å². The summed E-state index contributed by atoms with van der Waals surface area (Å²) in [6.07, 6.45) is 1.66. The Balaban J connectivity index is 0.00000161. The summed E-state index contributed by atoms with van der Waals surface area (Å²) in [5, 5.41) is 3.33. The van der Waals surface area contributed by atoms with Crippen LogP contribution >= 0.6 is 28.3 Å². The van der Waals surface area contributed by atoms with Gasteiger partial charge in [-0.3, -0.25) is 4.90 Å². The normalized spacial score (nSPS) is 17.2. The van der Waals surface area contributed by atoms with E-state index in [0.29, 0.717) is 4.47 Å². The van der Waals surface area contributed by atoms with Crippen molar-refractivity contribution in [2.45, 2.75) is 6.04 Å². The van der Waals surface area contributed by atoms with Crippen LogP contribution in [0.1, 0.15) is 17.4 Å². The lowest BCUT2D eigenvalue weighted by Crippen LogP contribution is -2.45. The molecule has 1 fully saturated rings. The molecule has 0 bridgehead atoms. The van der Waals surface area contributed by atoms with Crippen LogP contribution in [0.15, 0.2) is 45.5 Å². The number of nitrogens with one attached hydrogen (secondary N) is 1. The summed E-state index contributed by atoms with van der Waals surface area (Å²) in [5.41, 5.74) is 0.904. The quantitative estimate of drug-likeness (QED) is 0.888. The average molecular weight is 376 g/mol. The minimum Gasteiger partial charge on any atom is -0.467 e. The molecule has 1 aliphatic heterocycles. The first kappa shape index (κ1) is 16.5. The lowest BCUT2D eigenvalue weighted by molar-refractivity contribution is 0.179. The van der Waals surface area contributed by atoms with Gasteiger partial charge in [-0.1, -0.05) is 12.1 Å². The van der Waals surface area contributed by atoms with E-state index in [1.54, 1.807) is 12.3 Å². The van der Waals surface area contributed by atoms with Crippen molar-refractivity contribution in [3.8, 4) is 0 Å². The Labute approximate surface area is 138 Å². The second kappa shape index (κ2) is 7.40. The van der Waals surface area contributed by atoms with Gasteiger partial charge in [0.1, 0.15) is 11.6 Å². The zero-order valence-corrected chi connectivity index (χ0v) is 13.8. The van der Waals surface area contributed by atoms with Gasteiger partial charge in [-0.25, -0.2) is 4.39 Å². The topological polar surface area (TPSA) is 28.4 Å². The molecular weight excluding hydrogens is 359 g/mol. The van der Waals surface area contributed by atoms with E-state index in [1.165, 1.54) is 6.07 Å². The summed E-state index contributed by atoms with van der Waals surface area (Å²) in [6, 6.07) is 8.92. The summed E-state index contributed by atoms with van der Waals surface area (Å²) in [5.74, 6) is 0.604. The van der Waals surface area contributed by atoms with Gasteiger partial charge in [-0.2, -0.15) is 0 Å². The van der Waals surface area contributed by atoms with Crippen molar-refractivity contribution in [2.75, 3.05) is 26.2 Å². The molecule has 114 valence electrons. The van der Waals surface area contributed by atoms with E-state index >= 15 is 0 Å². The van der Waals surface area contributed by atoms with Gasteiger partial charge in [0.2, 0.25) is 0 Å². The first-order valence-electron chi connectivity index (χ1n) is 6.69. The fourth-order valence-corrected chi connectivity index (χ4v) is 3.13. The molecule has 1 aliphatic rings. The molecule has 0 amide bonds. The molecule has 3 rings (SSSR count). The molecule has 0 aliphatic carbocycles. The molecule has 0 saturated carbocycles. The number of furan rings is 1. The summed E-state index contributed by atoms with van der Waals surface area (Å²) >= 11 is 3.37. The van der Waals surface area contributed by atoms with Gasteiger partial charge >= 0.3 is 0 Å². The van der Waals surface area contributed by atoms with Crippen LogP contribution in [-0.4, -0.2) is 31.1 Å². The smallest absolute Gasteiger partial charge is 0.137 e. The highest BCUT2D eigenvalue weighted by molar-refractivity contribution is 9.10. The number of rotatable bonds is 3. The predicted molar refractivity (Wildman–Crippen MR) is 86.3 cm³/mol. The summed E-state index contributed by atoms with van der Waals surface area (Å²) in [7, 11) is 0. The van der Waals surface area contributed by atoms with Gasteiger partial charge in [0.25, 0.3) is 0 Å². The lowest BCUT2D eigenvalue weighted by atomic mass is 10.0. The van der Waals surface area contributed by atoms with E-state index < -0.39 is 0 Å². The molecule has 0 radical (unpaired) electrons. The van der Waals surface area contributed by atoms with Gasteiger partial charge in [-0.15, -0.1) is 12.4 Å². The Bertz CT molecular complexity index is 573. The van der Waals surface area contributed by atoms with Gasteiger partial charge < -0.3 is 9.73 Å². The molecule has 21 heavy (non-hydrogen) atoms. The Morgan fingerprint density at radius 3 is 2.62 bits per heavy atom. The monoisotopic (exact) mass is 374 g/mol. The van der Waals surface area contributed by atoms with Crippen LogP contribution in [0.3, 0.4) is 0 Å². The van der Waals surface area contributed by atoms with Crippen LogP contribution in [0.2, 0.25) is 0 Å². The van der Waals surface area contributed by atoms with Crippen LogP contribution in [0.5, 0.6) is 0 Å². The van der Waals surface area contributed by atoms with Crippen molar-refractivity contribution in [3.63, 3.8) is 0 Å². The third-order valence-electron chi connectivity index (χ3n) is 3.61. The fourth-order valence-electron chi connectivity index (χ4n) is 2.65. The molecule has 3 nitrogen and oxygen atoms in total. The number of piperazine rings is 1. The Morgan fingerprint density at radius 1 is 1.19 bits per heavy atom. The zero-order chi connectivity index (χ0) is 13.9. The maximum absolute atomic E-state index is 13.8. The number of nitrogens with zero attached hydrogens (tertiary/aromatic N) is 1. The SMILES string of the molecule is Cl.Fc1cccc([C@H](c2ccco2)N2CCNCC2)c1Br. The van der Waals surface area contributed by atoms with Gasteiger partial charge in [0.05, 0.1) is 16.8 Å². The molecule has 1 atom stereocenters. The Kier molecular flexibility index (Phi) is 5.81. The molecule has 1 saturated heterocycles. The molecular formula is C15H17BrClFN2O. The lowest BCUT2D eigenvalue weighted by Gasteiger charge is -2.34. The number of hydrogen-bond donors (Lipinski definition) is 1. The third-order valence-corrected chi connectivity index (χ3v) is 4.44. The molecule has 1 N–H and O–H groups in total. The van der Waals surface area contributed by atoms with E-state index in [2.05, 4.69) is 26.1 Å². The maximum Gasteiger partial charge on any atom is 0.137 e. The van der Waals surface area contributed by atoms with Crippen LogP contribution < -0.4 is 5.32 Å². The summed E-state index contributed by atoms with van der Waals surface area (Å²) in [6.45, 7) is 3.69. The molecule has 2 aromatic rings. The fraction of sp³-hybridized carbons (Fsp3) is 0.333.